The average molecular weight is 293 g/mol. The molecule has 3 heteroatoms. The predicted octanol–water partition coefficient (Wildman–Crippen LogP) is 4.66. The molecule has 1 aliphatic carbocycles. The van der Waals surface area contributed by atoms with E-state index in [1.165, 1.54) is 17.2 Å². The lowest BCUT2D eigenvalue weighted by Crippen LogP contribution is -2.23. The van der Waals surface area contributed by atoms with Crippen molar-refractivity contribution in [3.8, 4) is 0 Å². The van der Waals surface area contributed by atoms with Gasteiger partial charge in [0, 0.05) is 17.9 Å². The summed E-state index contributed by atoms with van der Waals surface area (Å²) in [7, 11) is 0. The Balaban J connectivity index is 1.86. The molecular formula is C19H16FNO. The summed E-state index contributed by atoms with van der Waals surface area (Å²) in [5.74, 6) is 0.881. The van der Waals surface area contributed by atoms with Crippen LogP contribution in [0.25, 0.3) is 5.76 Å². The van der Waals surface area contributed by atoms with E-state index in [-0.39, 0.29) is 17.6 Å². The van der Waals surface area contributed by atoms with Crippen LogP contribution in [0.3, 0.4) is 0 Å². The lowest BCUT2D eigenvalue weighted by atomic mass is 9.78. The zero-order chi connectivity index (χ0) is 15.1. The van der Waals surface area contributed by atoms with Crippen LogP contribution in [0.4, 0.5) is 4.39 Å². The fraction of sp³-hybridized carbons (Fsp3) is 0.211. The normalized spacial score (nSPS) is 20.2. The molecule has 1 aliphatic heterocycles. The van der Waals surface area contributed by atoms with Crippen LogP contribution in [0.1, 0.15) is 35.4 Å². The van der Waals surface area contributed by atoms with E-state index in [1.54, 1.807) is 12.1 Å². The Kier molecular flexibility index (Phi) is 3.07. The molecular weight excluding hydrogens is 277 g/mol. The van der Waals surface area contributed by atoms with Gasteiger partial charge in [-0.15, -0.1) is 0 Å². The molecule has 1 atom stereocenters. The second-order valence-electron chi connectivity index (χ2n) is 5.85. The summed E-state index contributed by atoms with van der Waals surface area (Å²) >= 11 is 0. The molecule has 1 heterocycles. The summed E-state index contributed by atoms with van der Waals surface area (Å²) in [5, 5.41) is 8.04. The van der Waals surface area contributed by atoms with Gasteiger partial charge in [0.25, 0.3) is 0 Å². The van der Waals surface area contributed by atoms with E-state index >= 15 is 0 Å². The summed E-state index contributed by atoms with van der Waals surface area (Å²) in [6.07, 6.45) is 2.38. The third kappa shape index (κ3) is 2.13. The van der Waals surface area contributed by atoms with Gasteiger partial charge in [-0.3, -0.25) is 5.41 Å². The quantitative estimate of drug-likeness (QED) is 0.814. The van der Waals surface area contributed by atoms with Crippen molar-refractivity contribution in [2.75, 3.05) is 0 Å². The standard InChI is InChI=1S/C19H16FNO/c20-14-6-3-5-13(10-14)17-11-18(21)22-19-15-7-2-1-4-12(15)8-9-16(17)19/h1-7,10,17,21H,8-9,11H2. The van der Waals surface area contributed by atoms with E-state index in [9.17, 15) is 4.39 Å². The van der Waals surface area contributed by atoms with E-state index in [2.05, 4.69) is 6.07 Å². The van der Waals surface area contributed by atoms with Crippen molar-refractivity contribution >= 4 is 11.7 Å². The Morgan fingerprint density at radius 3 is 2.77 bits per heavy atom. The van der Waals surface area contributed by atoms with Gasteiger partial charge in [0.05, 0.1) is 0 Å². The molecule has 1 unspecified atom stereocenters. The molecule has 1 N–H and O–H groups in total. The lowest BCUT2D eigenvalue weighted by molar-refractivity contribution is 0.438. The lowest BCUT2D eigenvalue weighted by Gasteiger charge is -2.33. The average Bonchev–Trinajstić information content (AvgIpc) is 2.54. The number of hydrogen-bond donors (Lipinski definition) is 1. The molecule has 2 nitrogen and oxygen atoms in total. The first-order valence-corrected chi connectivity index (χ1v) is 7.54. The molecule has 0 amide bonds. The first kappa shape index (κ1) is 13.3. The zero-order valence-electron chi connectivity index (χ0n) is 12.1. The van der Waals surface area contributed by atoms with Gasteiger partial charge in [-0.05, 0) is 41.7 Å². The first-order valence-electron chi connectivity index (χ1n) is 7.54. The minimum absolute atomic E-state index is 0.0420. The number of nitrogens with one attached hydrogen (secondary N) is 1. The Morgan fingerprint density at radius 1 is 1.05 bits per heavy atom. The van der Waals surface area contributed by atoms with E-state index < -0.39 is 0 Å². The van der Waals surface area contributed by atoms with E-state index in [0.717, 1.165) is 29.7 Å². The monoisotopic (exact) mass is 293 g/mol. The third-order valence-corrected chi connectivity index (χ3v) is 4.50. The third-order valence-electron chi connectivity index (χ3n) is 4.50. The highest BCUT2D eigenvalue weighted by Crippen LogP contribution is 2.44. The molecule has 2 aliphatic rings. The summed E-state index contributed by atoms with van der Waals surface area (Å²) < 4.78 is 19.3. The van der Waals surface area contributed by atoms with Crippen molar-refractivity contribution in [3.05, 3.63) is 76.6 Å². The van der Waals surface area contributed by atoms with Crippen molar-refractivity contribution in [1.82, 2.24) is 0 Å². The topological polar surface area (TPSA) is 33.1 Å². The maximum absolute atomic E-state index is 13.6. The van der Waals surface area contributed by atoms with Gasteiger partial charge in [-0.1, -0.05) is 36.4 Å². The molecule has 0 radical (unpaired) electrons. The Bertz CT molecular complexity index is 794. The van der Waals surface area contributed by atoms with Gasteiger partial charge < -0.3 is 4.74 Å². The van der Waals surface area contributed by atoms with Gasteiger partial charge in [-0.2, -0.15) is 0 Å². The molecule has 22 heavy (non-hydrogen) atoms. The number of ether oxygens (including phenoxy) is 1. The molecule has 2 aromatic rings. The number of allylic oxidation sites excluding steroid dienone is 1. The smallest absolute Gasteiger partial charge is 0.188 e. The fourth-order valence-electron chi connectivity index (χ4n) is 3.48. The van der Waals surface area contributed by atoms with Gasteiger partial charge in [0.2, 0.25) is 0 Å². The highest BCUT2D eigenvalue weighted by atomic mass is 19.1. The second kappa shape index (κ2) is 5.09. The van der Waals surface area contributed by atoms with Crippen molar-refractivity contribution in [2.24, 2.45) is 0 Å². The zero-order valence-corrected chi connectivity index (χ0v) is 12.1. The number of aryl methyl sites for hydroxylation is 1. The van der Waals surface area contributed by atoms with E-state index in [0.29, 0.717) is 6.42 Å². The van der Waals surface area contributed by atoms with Gasteiger partial charge in [0.1, 0.15) is 11.6 Å². The summed E-state index contributed by atoms with van der Waals surface area (Å²) in [6.45, 7) is 0. The van der Waals surface area contributed by atoms with Gasteiger partial charge in [0.15, 0.2) is 5.90 Å². The van der Waals surface area contributed by atoms with Crippen LogP contribution in [-0.2, 0) is 11.2 Å². The second-order valence-corrected chi connectivity index (χ2v) is 5.85. The first-order chi connectivity index (χ1) is 10.7. The molecule has 0 fully saturated rings. The molecule has 4 rings (SSSR count). The molecule has 0 spiro atoms. The summed E-state index contributed by atoms with van der Waals surface area (Å²) in [5.41, 5.74) is 4.46. The summed E-state index contributed by atoms with van der Waals surface area (Å²) in [6, 6.07) is 14.9. The maximum atomic E-state index is 13.6. The molecule has 0 aromatic heterocycles. The van der Waals surface area contributed by atoms with Crippen LogP contribution in [0, 0.1) is 11.2 Å². The fourth-order valence-corrected chi connectivity index (χ4v) is 3.48. The molecule has 0 bridgehead atoms. The Labute approximate surface area is 128 Å². The van der Waals surface area contributed by atoms with E-state index in [4.69, 9.17) is 10.1 Å². The van der Waals surface area contributed by atoms with Crippen LogP contribution in [0.15, 0.2) is 54.1 Å². The minimum atomic E-state index is -0.228. The van der Waals surface area contributed by atoms with Crippen molar-refractivity contribution in [1.29, 1.82) is 5.41 Å². The molecule has 0 saturated carbocycles. The molecule has 2 aromatic carbocycles. The van der Waals surface area contributed by atoms with Crippen LogP contribution in [0.2, 0.25) is 0 Å². The van der Waals surface area contributed by atoms with Gasteiger partial charge >= 0.3 is 0 Å². The number of benzene rings is 2. The van der Waals surface area contributed by atoms with Crippen molar-refractivity contribution < 1.29 is 9.13 Å². The largest absolute Gasteiger partial charge is 0.443 e. The van der Waals surface area contributed by atoms with Crippen molar-refractivity contribution in [2.45, 2.75) is 25.2 Å². The number of hydrogen-bond acceptors (Lipinski definition) is 2. The van der Waals surface area contributed by atoms with Crippen LogP contribution < -0.4 is 0 Å². The SMILES string of the molecule is N=C1CC(c2cccc(F)c2)C2=C(O1)c1ccccc1CC2. The van der Waals surface area contributed by atoms with Crippen LogP contribution in [-0.4, -0.2) is 5.90 Å². The number of fused-ring (bicyclic) bond motifs is 2. The van der Waals surface area contributed by atoms with E-state index in [1.807, 2.05) is 24.3 Å². The Morgan fingerprint density at radius 2 is 1.91 bits per heavy atom. The maximum Gasteiger partial charge on any atom is 0.188 e. The number of rotatable bonds is 1. The highest BCUT2D eigenvalue weighted by Gasteiger charge is 2.32. The number of halogens is 1. The Hall–Kier alpha value is -2.42. The van der Waals surface area contributed by atoms with Crippen LogP contribution in [0.5, 0.6) is 0 Å². The van der Waals surface area contributed by atoms with Crippen LogP contribution >= 0.6 is 0 Å². The molecule has 0 saturated heterocycles. The minimum Gasteiger partial charge on any atom is -0.443 e. The van der Waals surface area contributed by atoms with Gasteiger partial charge in [-0.25, -0.2) is 4.39 Å². The molecule has 110 valence electrons. The highest BCUT2D eigenvalue weighted by molar-refractivity contribution is 5.87. The predicted molar refractivity (Wildman–Crippen MR) is 84.3 cm³/mol. The van der Waals surface area contributed by atoms with Crippen molar-refractivity contribution in [3.63, 3.8) is 0 Å². The summed E-state index contributed by atoms with van der Waals surface area (Å²) in [4.78, 5) is 0.